The van der Waals surface area contributed by atoms with Crippen LogP contribution < -0.4 is 5.32 Å². The zero-order valence-corrected chi connectivity index (χ0v) is 13.4. The first-order valence-corrected chi connectivity index (χ1v) is 8.83. The summed E-state index contributed by atoms with van der Waals surface area (Å²) in [5.74, 6) is 0.365. The lowest BCUT2D eigenvalue weighted by Crippen LogP contribution is -2.44. The van der Waals surface area contributed by atoms with Crippen molar-refractivity contribution in [3.05, 3.63) is 22.8 Å². The van der Waals surface area contributed by atoms with Crippen LogP contribution in [-0.4, -0.2) is 44.3 Å². The number of aromatic nitrogens is 2. The summed E-state index contributed by atoms with van der Waals surface area (Å²) in [5, 5.41) is 23.4. The van der Waals surface area contributed by atoms with Gasteiger partial charge in [-0.25, -0.2) is 9.97 Å². The van der Waals surface area contributed by atoms with Gasteiger partial charge < -0.3 is 15.5 Å². The van der Waals surface area contributed by atoms with Crippen molar-refractivity contribution in [1.29, 1.82) is 0 Å². The molecule has 2 aliphatic carbocycles. The van der Waals surface area contributed by atoms with Crippen LogP contribution in [0.4, 0.5) is 0 Å². The number of hydrogen-bond donors (Lipinski definition) is 3. The van der Waals surface area contributed by atoms with E-state index in [9.17, 15) is 15.0 Å². The molecule has 1 amide bonds. The van der Waals surface area contributed by atoms with Crippen LogP contribution in [0.5, 0.6) is 0 Å². The van der Waals surface area contributed by atoms with Crippen LogP contribution in [0.2, 0.25) is 0 Å². The second-order valence-corrected chi connectivity index (χ2v) is 7.62. The van der Waals surface area contributed by atoms with E-state index >= 15 is 0 Å². The fourth-order valence-corrected chi connectivity index (χ4v) is 4.25. The molecule has 7 heteroatoms. The number of thiazole rings is 1. The van der Waals surface area contributed by atoms with Crippen LogP contribution in [0.15, 0.2) is 12.3 Å². The maximum Gasteiger partial charge on any atom is 0.253 e. The molecule has 2 atom stereocenters. The fraction of sp³-hybridized carbons (Fsp3) is 0.562. The Morgan fingerprint density at radius 2 is 1.96 bits per heavy atom. The van der Waals surface area contributed by atoms with Crippen LogP contribution in [0.25, 0.3) is 10.3 Å². The summed E-state index contributed by atoms with van der Waals surface area (Å²) in [4.78, 5) is 21.2. The van der Waals surface area contributed by atoms with E-state index < -0.39 is 12.2 Å². The molecule has 0 aliphatic heterocycles. The van der Waals surface area contributed by atoms with Gasteiger partial charge in [-0.1, -0.05) is 0 Å². The highest BCUT2D eigenvalue weighted by Gasteiger charge is 2.29. The van der Waals surface area contributed by atoms with Crippen molar-refractivity contribution in [3.63, 3.8) is 0 Å². The largest absolute Gasteiger partial charge is 0.393 e. The summed E-state index contributed by atoms with van der Waals surface area (Å²) >= 11 is 1.61. The molecular formula is C16H19N3O3S. The zero-order valence-electron chi connectivity index (χ0n) is 12.6. The highest BCUT2D eigenvalue weighted by molar-refractivity contribution is 7.18. The molecule has 2 aromatic heterocycles. The summed E-state index contributed by atoms with van der Waals surface area (Å²) in [7, 11) is 0. The van der Waals surface area contributed by atoms with E-state index in [-0.39, 0.29) is 11.9 Å². The smallest absolute Gasteiger partial charge is 0.253 e. The molecule has 2 fully saturated rings. The third-order valence-electron chi connectivity index (χ3n) is 4.44. The summed E-state index contributed by atoms with van der Waals surface area (Å²) < 4.78 is 0.934. The monoisotopic (exact) mass is 333 g/mol. The number of aliphatic hydroxyl groups is 2. The Balaban J connectivity index is 1.50. The first-order chi connectivity index (χ1) is 11.1. The van der Waals surface area contributed by atoms with E-state index in [1.54, 1.807) is 17.5 Å². The van der Waals surface area contributed by atoms with Crippen molar-refractivity contribution in [3.8, 4) is 0 Å². The minimum atomic E-state index is -0.563. The van der Waals surface area contributed by atoms with Gasteiger partial charge in [-0.05, 0) is 38.2 Å². The van der Waals surface area contributed by atoms with E-state index in [0.29, 0.717) is 36.4 Å². The van der Waals surface area contributed by atoms with Gasteiger partial charge in [0.15, 0.2) is 5.65 Å². The Labute approximate surface area is 137 Å². The highest BCUT2D eigenvalue weighted by atomic mass is 32.1. The topological polar surface area (TPSA) is 95.3 Å². The molecule has 6 nitrogen and oxygen atoms in total. The third kappa shape index (κ3) is 3.22. The average molecular weight is 333 g/mol. The lowest BCUT2D eigenvalue weighted by atomic mass is 9.90. The predicted molar refractivity (Wildman–Crippen MR) is 86.5 cm³/mol. The standard InChI is InChI=1S/C16H19N3O3S/c20-11-4-10(5-12(21)6-11)18-15(22)9-3-13-14(17-7-9)19-16(23-13)8-1-2-8/h3,7-8,10-12,20-21H,1-2,4-6H2,(H,18,22)/t11-,12-/m0/s1. The number of carbonyl (C=O) groups excluding carboxylic acids is 1. The number of hydrogen-bond acceptors (Lipinski definition) is 6. The van der Waals surface area contributed by atoms with Gasteiger partial charge in [0.1, 0.15) is 0 Å². The number of aliphatic hydroxyl groups excluding tert-OH is 2. The molecule has 0 aromatic carbocycles. The van der Waals surface area contributed by atoms with E-state index in [0.717, 1.165) is 9.71 Å². The second kappa shape index (κ2) is 5.81. The Kier molecular flexibility index (Phi) is 3.79. The second-order valence-electron chi connectivity index (χ2n) is 6.56. The van der Waals surface area contributed by atoms with Crippen molar-refractivity contribution in [2.75, 3.05) is 0 Å². The van der Waals surface area contributed by atoms with Gasteiger partial charge in [-0.3, -0.25) is 4.79 Å². The van der Waals surface area contributed by atoms with E-state index in [2.05, 4.69) is 15.3 Å². The van der Waals surface area contributed by atoms with Gasteiger partial charge in [-0.15, -0.1) is 11.3 Å². The van der Waals surface area contributed by atoms with Gasteiger partial charge >= 0.3 is 0 Å². The molecule has 3 N–H and O–H groups in total. The minimum Gasteiger partial charge on any atom is -0.393 e. The first-order valence-electron chi connectivity index (χ1n) is 8.02. The lowest BCUT2D eigenvalue weighted by Gasteiger charge is -2.30. The molecule has 0 radical (unpaired) electrons. The normalized spacial score (nSPS) is 28.0. The molecule has 2 saturated carbocycles. The number of fused-ring (bicyclic) bond motifs is 1. The molecule has 2 heterocycles. The molecule has 0 unspecified atom stereocenters. The number of rotatable bonds is 3. The minimum absolute atomic E-state index is 0.208. The Morgan fingerprint density at radius 1 is 1.22 bits per heavy atom. The lowest BCUT2D eigenvalue weighted by molar-refractivity contribution is 0.0250. The van der Waals surface area contributed by atoms with Crippen LogP contribution >= 0.6 is 11.3 Å². The predicted octanol–water partition coefficient (Wildman–Crippen LogP) is 1.57. The van der Waals surface area contributed by atoms with Gasteiger partial charge in [0, 0.05) is 18.2 Å². The summed E-state index contributed by atoms with van der Waals surface area (Å²) in [6.07, 6.45) is 4.14. The number of nitrogens with one attached hydrogen (secondary N) is 1. The third-order valence-corrected chi connectivity index (χ3v) is 5.60. The molecule has 2 aromatic rings. The van der Waals surface area contributed by atoms with Gasteiger partial charge in [0.05, 0.1) is 27.5 Å². The Hall–Kier alpha value is -1.57. The Morgan fingerprint density at radius 3 is 2.65 bits per heavy atom. The van der Waals surface area contributed by atoms with Gasteiger partial charge in [0.2, 0.25) is 0 Å². The number of pyridine rings is 1. The maximum atomic E-state index is 12.4. The quantitative estimate of drug-likeness (QED) is 0.792. The SMILES string of the molecule is O=C(NC1C[C@H](O)C[C@@H](O)C1)c1cnc2nc(C3CC3)sc2c1. The number of carbonyl (C=O) groups is 1. The first kappa shape index (κ1) is 15.0. The number of nitrogens with zero attached hydrogens (tertiary/aromatic N) is 2. The highest BCUT2D eigenvalue weighted by Crippen LogP contribution is 2.43. The molecule has 0 spiro atoms. The molecular weight excluding hydrogens is 314 g/mol. The maximum absolute atomic E-state index is 12.4. The van der Waals surface area contributed by atoms with Crippen molar-refractivity contribution in [2.45, 2.75) is 56.3 Å². The van der Waals surface area contributed by atoms with Crippen LogP contribution in [-0.2, 0) is 0 Å². The summed E-state index contributed by atoms with van der Waals surface area (Å²) in [5.41, 5.74) is 1.20. The fourth-order valence-electron chi connectivity index (χ4n) is 3.11. The molecule has 122 valence electrons. The van der Waals surface area contributed by atoms with Gasteiger partial charge in [0.25, 0.3) is 5.91 Å². The zero-order chi connectivity index (χ0) is 16.0. The van der Waals surface area contributed by atoms with Crippen LogP contribution in [0.3, 0.4) is 0 Å². The summed E-state index contributed by atoms with van der Waals surface area (Å²) in [6, 6.07) is 1.62. The molecule has 0 saturated heterocycles. The average Bonchev–Trinajstić information content (AvgIpc) is 3.25. The van der Waals surface area contributed by atoms with Gasteiger partial charge in [-0.2, -0.15) is 0 Å². The van der Waals surface area contributed by atoms with E-state index in [4.69, 9.17) is 0 Å². The molecule has 23 heavy (non-hydrogen) atoms. The van der Waals surface area contributed by atoms with E-state index in [1.807, 2.05) is 6.07 Å². The van der Waals surface area contributed by atoms with Crippen molar-refractivity contribution in [1.82, 2.24) is 15.3 Å². The molecule has 0 bridgehead atoms. The van der Waals surface area contributed by atoms with Crippen molar-refractivity contribution < 1.29 is 15.0 Å². The van der Waals surface area contributed by atoms with Crippen molar-refractivity contribution >= 4 is 27.6 Å². The molecule has 2 aliphatic rings. The van der Waals surface area contributed by atoms with E-state index in [1.165, 1.54) is 12.8 Å². The van der Waals surface area contributed by atoms with Crippen LogP contribution in [0, 0.1) is 0 Å². The summed E-state index contributed by atoms with van der Waals surface area (Å²) in [6.45, 7) is 0. The van der Waals surface area contributed by atoms with Crippen molar-refractivity contribution in [2.24, 2.45) is 0 Å². The molecule has 4 rings (SSSR count). The Bertz CT molecular complexity index is 733. The number of amides is 1. The van der Waals surface area contributed by atoms with Crippen LogP contribution in [0.1, 0.15) is 53.4 Å².